The van der Waals surface area contributed by atoms with Gasteiger partial charge in [0.25, 0.3) is 6.71 Å². The van der Waals surface area contributed by atoms with Crippen LogP contribution in [0.1, 0.15) is 0 Å². The highest BCUT2D eigenvalue weighted by atomic mass is 32.1. The number of para-hydroxylation sites is 2. The molecule has 9 aromatic rings. The summed E-state index contributed by atoms with van der Waals surface area (Å²) in [6.07, 6.45) is 0. The molecule has 0 bridgehead atoms. The Morgan fingerprint density at radius 3 is 1.84 bits per heavy atom. The van der Waals surface area contributed by atoms with Gasteiger partial charge in [-0.25, -0.2) is 0 Å². The molecule has 2 aliphatic heterocycles. The van der Waals surface area contributed by atoms with E-state index in [9.17, 15) is 0 Å². The summed E-state index contributed by atoms with van der Waals surface area (Å²) < 4.78 is 15.8. The second-order valence-corrected chi connectivity index (χ2v) is 14.3. The van der Waals surface area contributed by atoms with Gasteiger partial charge in [-0.3, -0.25) is 0 Å². The van der Waals surface area contributed by atoms with Gasteiger partial charge in [-0.05, 0) is 99.6 Å². The van der Waals surface area contributed by atoms with Crippen molar-refractivity contribution in [1.82, 2.24) is 0 Å². The standard InChI is InChI=1S/C46H28BNO2S/c1-4-11-29(12-5-1)30-20-24-40-38(26-30)47-39-28-44-37(27-43(39)50-42-18-10-17-41(49-40)45(42)47)36-22-19-31-25-34(21-23-35(31)46(36)51-44)48(32-13-6-2-7-14-32)33-15-8-3-9-16-33/h1-28H. The normalized spacial score (nSPS) is 12.6. The average Bonchev–Trinajstić information content (AvgIpc) is 3.56. The van der Waals surface area contributed by atoms with E-state index in [1.165, 1.54) is 53.0 Å². The molecular weight excluding hydrogens is 641 g/mol. The van der Waals surface area contributed by atoms with Gasteiger partial charge in [0, 0.05) is 42.7 Å². The number of anilines is 3. The van der Waals surface area contributed by atoms with Crippen molar-refractivity contribution in [2.75, 3.05) is 4.90 Å². The number of rotatable bonds is 4. The summed E-state index contributed by atoms with van der Waals surface area (Å²) in [4.78, 5) is 2.32. The van der Waals surface area contributed by atoms with Gasteiger partial charge in [-0.1, -0.05) is 103 Å². The van der Waals surface area contributed by atoms with Crippen LogP contribution < -0.4 is 30.8 Å². The lowest BCUT2D eigenvalue weighted by Gasteiger charge is -2.33. The van der Waals surface area contributed by atoms with Crippen molar-refractivity contribution in [2.24, 2.45) is 0 Å². The van der Waals surface area contributed by atoms with Crippen molar-refractivity contribution in [2.45, 2.75) is 0 Å². The highest BCUT2D eigenvalue weighted by Crippen LogP contribution is 2.44. The SMILES string of the molecule is c1ccc(-c2ccc3c(c2)B2c4cc5sc6c7ccc(N(c8ccccc8)c8ccccc8)cc7ccc6c5cc4Oc4cccc(c42)O3)cc1. The van der Waals surface area contributed by atoms with E-state index >= 15 is 0 Å². The molecule has 51 heavy (non-hydrogen) atoms. The summed E-state index contributed by atoms with van der Waals surface area (Å²) in [5, 5.41) is 4.95. The first-order valence-electron chi connectivity index (χ1n) is 17.3. The van der Waals surface area contributed by atoms with Crippen LogP contribution in [0.15, 0.2) is 170 Å². The molecule has 2 aliphatic rings. The van der Waals surface area contributed by atoms with Crippen molar-refractivity contribution in [3.8, 4) is 34.1 Å². The van der Waals surface area contributed by atoms with E-state index in [0.717, 1.165) is 45.5 Å². The van der Waals surface area contributed by atoms with E-state index in [2.05, 4.69) is 169 Å². The number of thiophene rings is 1. The minimum absolute atomic E-state index is 0.00299. The maximum absolute atomic E-state index is 6.71. The van der Waals surface area contributed by atoms with Crippen LogP contribution in [0.2, 0.25) is 0 Å². The Morgan fingerprint density at radius 2 is 1.10 bits per heavy atom. The van der Waals surface area contributed by atoms with Crippen molar-refractivity contribution < 1.29 is 9.47 Å². The largest absolute Gasteiger partial charge is 0.458 e. The zero-order valence-electron chi connectivity index (χ0n) is 27.4. The number of ether oxygens (including phenoxy) is 2. The Morgan fingerprint density at radius 1 is 0.431 bits per heavy atom. The van der Waals surface area contributed by atoms with Crippen LogP contribution in [-0.2, 0) is 0 Å². The third-order valence-corrected chi connectivity index (χ3v) is 11.6. The fourth-order valence-electron chi connectivity index (χ4n) is 8.02. The van der Waals surface area contributed by atoms with Crippen molar-refractivity contribution in [3.63, 3.8) is 0 Å². The van der Waals surface area contributed by atoms with Gasteiger partial charge in [0.15, 0.2) is 0 Å². The molecule has 0 radical (unpaired) electrons. The molecule has 0 amide bonds. The average molecular weight is 670 g/mol. The van der Waals surface area contributed by atoms with E-state index in [-0.39, 0.29) is 6.71 Å². The molecular formula is C46H28BNO2S. The fraction of sp³-hybridized carbons (Fsp3) is 0. The lowest BCUT2D eigenvalue weighted by atomic mass is 9.34. The molecule has 0 saturated heterocycles. The summed E-state index contributed by atoms with van der Waals surface area (Å²) in [6, 6.07) is 60.5. The smallest absolute Gasteiger partial charge is 0.260 e. The van der Waals surface area contributed by atoms with Crippen LogP contribution in [0, 0.1) is 0 Å². The number of hydrogen-bond donors (Lipinski definition) is 0. The molecule has 0 N–H and O–H groups in total. The zero-order chi connectivity index (χ0) is 33.5. The molecule has 1 aromatic heterocycles. The van der Waals surface area contributed by atoms with E-state index in [1.807, 2.05) is 17.4 Å². The first-order chi connectivity index (χ1) is 25.3. The molecule has 3 heterocycles. The maximum atomic E-state index is 6.71. The van der Waals surface area contributed by atoms with Crippen LogP contribution in [0.25, 0.3) is 42.1 Å². The van der Waals surface area contributed by atoms with E-state index < -0.39 is 0 Å². The Hall–Kier alpha value is -6.30. The van der Waals surface area contributed by atoms with Gasteiger partial charge < -0.3 is 14.4 Å². The number of hydrogen-bond acceptors (Lipinski definition) is 4. The first kappa shape index (κ1) is 28.5. The first-order valence-corrected chi connectivity index (χ1v) is 18.1. The molecule has 0 aliphatic carbocycles. The van der Waals surface area contributed by atoms with Gasteiger partial charge in [0.1, 0.15) is 23.0 Å². The Balaban J connectivity index is 1.07. The summed E-state index contributed by atoms with van der Waals surface area (Å²) >= 11 is 1.87. The quantitative estimate of drug-likeness (QED) is 0.174. The van der Waals surface area contributed by atoms with Crippen molar-refractivity contribution in [1.29, 1.82) is 0 Å². The molecule has 3 nitrogen and oxygen atoms in total. The van der Waals surface area contributed by atoms with Gasteiger partial charge in [0.2, 0.25) is 0 Å². The Kier molecular flexibility index (Phi) is 6.22. The summed E-state index contributed by atoms with van der Waals surface area (Å²) in [6.45, 7) is 0.00299. The highest BCUT2D eigenvalue weighted by molar-refractivity contribution is 7.26. The maximum Gasteiger partial charge on any atom is 0.260 e. The molecule has 0 fully saturated rings. The molecule has 11 rings (SSSR count). The second-order valence-electron chi connectivity index (χ2n) is 13.3. The van der Waals surface area contributed by atoms with Gasteiger partial charge in [-0.15, -0.1) is 11.3 Å². The third-order valence-electron chi connectivity index (χ3n) is 10.3. The lowest BCUT2D eigenvalue weighted by molar-refractivity contribution is 0.465. The number of fused-ring (bicyclic) bond motifs is 9. The second kappa shape index (κ2) is 11.1. The molecule has 5 heteroatoms. The Labute approximate surface area is 299 Å². The topological polar surface area (TPSA) is 21.7 Å². The highest BCUT2D eigenvalue weighted by Gasteiger charge is 2.40. The summed E-state index contributed by atoms with van der Waals surface area (Å²) in [5.41, 5.74) is 9.21. The number of benzene rings is 8. The van der Waals surface area contributed by atoms with Crippen molar-refractivity contribution in [3.05, 3.63) is 170 Å². The summed E-state index contributed by atoms with van der Waals surface area (Å²) in [5.74, 6) is 3.53. The molecule has 0 unspecified atom stereocenters. The molecule has 8 aromatic carbocycles. The van der Waals surface area contributed by atoms with E-state index in [1.54, 1.807) is 0 Å². The molecule has 0 spiro atoms. The third kappa shape index (κ3) is 4.45. The van der Waals surface area contributed by atoms with E-state index in [0.29, 0.717) is 0 Å². The van der Waals surface area contributed by atoms with Crippen LogP contribution in [0.5, 0.6) is 23.0 Å². The zero-order valence-corrected chi connectivity index (χ0v) is 28.2. The van der Waals surface area contributed by atoms with Crippen LogP contribution in [0.4, 0.5) is 17.1 Å². The predicted molar refractivity (Wildman–Crippen MR) is 215 cm³/mol. The molecule has 0 saturated carbocycles. The monoisotopic (exact) mass is 669 g/mol. The van der Waals surface area contributed by atoms with Gasteiger partial charge >= 0.3 is 0 Å². The van der Waals surface area contributed by atoms with Crippen LogP contribution >= 0.6 is 11.3 Å². The van der Waals surface area contributed by atoms with Gasteiger partial charge in [-0.2, -0.15) is 0 Å². The fourth-order valence-corrected chi connectivity index (χ4v) is 9.29. The minimum atomic E-state index is 0.00299. The van der Waals surface area contributed by atoms with Crippen LogP contribution in [0.3, 0.4) is 0 Å². The lowest BCUT2D eigenvalue weighted by Crippen LogP contribution is -2.57. The predicted octanol–water partition coefficient (Wildman–Crippen LogP) is 11.1. The van der Waals surface area contributed by atoms with Crippen molar-refractivity contribution >= 4 is 82.4 Å². The summed E-state index contributed by atoms with van der Waals surface area (Å²) in [7, 11) is 0. The van der Waals surface area contributed by atoms with Crippen LogP contribution in [-0.4, -0.2) is 6.71 Å². The Bertz CT molecular complexity index is 2780. The van der Waals surface area contributed by atoms with Gasteiger partial charge in [0.05, 0.1) is 0 Å². The van der Waals surface area contributed by atoms with E-state index in [4.69, 9.17) is 9.47 Å². The number of nitrogens with zero attached hydrogens (tertiary/aromatic N) is 1. The molecule has 238 valence electrons. The molecule has 0 atom stereocenters. The minimum Gasteiger partial charge on any atom is -0.458 e.